The van der Waals surface area contributed by atoms with Crippen LogP contribution >= 0.6 is 0 Å². The number of nitrogens with one attached hydrogen (secondary N) is 1. The van der Waals surface area contributed by atoms with Crippen molar-refractivity contribution in [3.05, 3.63) is 42.5 Å². The number of anilines is 3. The van der Waals surface area contributed by atoms with E-state index in [1.807, 2.05) is 49.4 Å². The molecule has 0 radical (unpaired) electrons. The van der Waals surface area contributed by atoms with Crippen molar-refractivity contribution in [1.82, 2.24) is 0 Å². The molecule has 2 aromatic rings. The number of ether oxygens (including phenoxy) is 2. The fourth-order valence-corrected chi connectivity index (χ4v) is 1.77. The summed E-state index contributed by atoms with van der Waals surface area (Å²) in [5.74, 6) is 1.55. The first-order valence-electron chi connectivity index (χ1n) is 6.17. The summed E-state index contributed by atoms with van der Waals surface area (Å²) in [5, 5.41) is 3.27. The maximum atomic E-state index is 5.96. The van der Waals surface area contributed by atoms with Gasteiger partial charge in [-0.2, -0.15) is 0 Å². The third kappa shape index (κ3) is 3.10. The van der Waals surface area contributed by atoms with E-state index in [1.54, 1.807) is 7.11 Å². The van der Waals surface area contributed by atoms with E-state index in [1.165, 1.54) is 0 Å². The molecule has 19 heavy (non-hydrogen) atoms. The summed E-state index contributed by atoms with van der Waals surface area (Å²) in [7, 11) is 1.63. The lowest BCUT2D eigenvalue weighted by molar-refractivity contribution is 0.342. The Morgan fingerprint density at radius 3 is 2.63 bits per heavy atom. The normalized spacial score (nSPS) is 10.0. The van der Waals surface area contributed by atoms with Gasteiger partial charge in [-0.3, -0.25) is 0 Å². The number of hydrogen-bond donors (Lipinski definition) is 2. The molecule has 0 saturated heterocycles. The molecule has 0 fully saturated rings. The molecule has 3 N–H and O–H groups in total. The number of nitrogens with two attached hydrogens (primary N) is 1. The average Bonchev–Trinajstić information content (AvgIpc) is 2.43. The van der Waals surface area contributed by atoms with E-state index in [2.05, 4.69) is 5.32 Å². The standard InChI is InChI=1S/C15H18N2O2/c1-3-19-15-7-5-4-6-13(15)17-14-10-11(18-2)8-9-12(14)16/h4-10,17H,3,16H2,1-2H3. The molecule has 100 valence electrons. The Kier molecular flexibility index (Phi) is 4.13. The number of nitrogen functional groups attached to an aromatic ring is 1. The summed E-state index contributed by atoms with van der Waals surface area (Å²) in [6, 6.07) is 13.2. The summed E-state index contributed by atoms with van der Waals surface area (Å²) in [6.45, 7) is 2.57. The van der Waals surface area contributed by atoms with Crippen LogP contribution in [0.5, 0.6) is 11.5 Å². The zero-order valence-electron chi connectivity index (χ0n) is 11.1. The first kappa shape index (κ1) is 13.1. The van der Waals surface area contributed by atoms with E-state index in [4.69, 9.17) is 15.2 Å². The van der Waals surface area contributed by atoms with Crippen molar-refractivity contribution in [2.45, 2.75) is 6.92 Å². The fraction of sp³-hybridized carbons (Fsp3) is 0.200. The zero-order valence-corrected chi connectivity index (χ0v) is 11.1. The lowest BCUT2D eigenvalue weighted by Gasteiger charge is -2.14. The number of methoxy groups -OCH3 is 1. The summed E-state index contributed by atoms with van der Waals surface area (Å²) in [6.07, 6.45) is 0. The minimum atomic E-state index is 0.617. The topological polar surface area (TPSA) is 56.5 Å². The van der Waals surface area contributed by atoms with Crippen molar-refractivity contribution in [2.24, 2.45) is 0 Å². The Morgan fingerprint density at radius 2 is 1.89 bits per heavy atom. The first-order valence-corrected chi connectivity index (χ1v) is 6.17. The van der Waals surface area contributed by atoms with Crippen LogP contribution in [0.4, 0.5) is 17.1 Å². The van der Waals surface area contributed by atoms with Crippen LogP contribution in [-0.2, 0) is 0 Å². The van der Waals surface area contributed by atoms with Gasteiger partial charge in [0, 0.05) is 6.07 Å². The molecular weight excluding hydrogens is 240 g/mol. The van der Waals surface area contributed by atoms with Crippen LogP contribution in [0.2, 0.25) is 0 Å². The molecule has 0 amide bonds. The molecule has 0 bridgehead atoms. The zero-order chi connectivity index (χ0) is 13.7. The highest BCUT2D eigenvalue weighted by Gasteiger charge is 2.06. The minimum absolute atomic E-state index is 0.617. The third-order valence-electron chi connectivity index (χ3n) is 2.72. The smallest absolute Gasteiger partial charge is 0.142 e. The Labute approximate surface area is 113 Å². The number of benzene rings is 2. The van der Waals surface area contributed by atoms with Crippen LogP contribution in [0.1, 0.15) is 6.92 Å². The summed E-state index contributed by atoms with van der Waals surface area (Å²) in [5.41, 5.74) is 8.29. The van der Waals surface area contributed by atoms with Gasteiger partial charge in [-0.25, -0.2) is 0 Å². The number of para-hydroxylation sites is 2. The predicted octanol–water partition coefficient (Wildman–Crippen LogP) is 3.42. The number of hydrogen-bond acceptors (Lipinski definition) is 4. The van der Waals surface area contributed by atoms with E-state index in [0.717, 1.165) is 22.9 Å². The highest BCUT2D eigenvalue weighted by Crippen LogP contribution is 2.32. The van der Waals surface area contributed by atoms with Gasteiger partial charge >= 0.3 is 0 Å². The summed E-state index contributed by atoms with van der Waals surface area (Å²) < 4.78 is 10.8. The Morgan fingerprint density at radius 1 is 1.11 bits per heavy atom. The van der Waals surface area contributed by atoms with Gasteiger partial charge in [-0.1, -0.05) is 12.1 Å². The summed E-state index contributed by atoms with van der Waals surface area (Å²) in [4.78, 5) is 0. The SMILES string of the molecule is CCOc1ccccc1Nc1cc(OC)ccc1N. The van der Waals surface area contributed by atoms with Gasteiger partial charge in [0.1, 0.15) is 11.5 Å². The second-order valence-electron chi connectivity index (χ2n) is 4.01. The van der Waals surface area contributed by atoms with Gasteiger partial charge < -0.3 is 20.5 Å². The molecule has 0 saturated carbocycles. The van der Waals surface area contributed by atoms with E-state index in [0.29, 0.717) is 12.3 Å². The number of rotatable bonds is 5. The first-order chi connectivity index (χ1) is 9.24. The largest absolute Gasteiger partial charge is 0.497 e. The molecule has 4 nitrogen and oxygen atoms in total. The van der Waals surface area contributed by atoms with Crippen LogP contribution < -0.4 is 20.5 Å². The average molecular weight is 258 g/mol. The Balaban J connectivity index is 2.30. The molecule has 2 rings (SSSR count). The van der Waals surface area contributed by atoms with E-state index >= 15 is 0 Å². The van der Waals surface area contributed by atoms with Gasteiger partial charge in [0.15, 0.2) is 0 Å². The second-order valence-corrected chi connectivity index (χ2v) is 4.01. The molecule has 0 unspecified atom stereocenters. The molecule has 2 aromatic carbocycles. The molecule has 4 heteroatoms. The van der Waals surface area contributed by atoms with E-state index < -0.39 is 0 Å². The predicted molar refractivity (Wildman–Crippen MR) is 78.3 cm³/mol. The van der Waals surface area contributed by atoms with Crippen LogP contribution in [-0.4, -0.2) is 13.7 Å². The van der Waals surface area contributed by atoms with Crippen LogP contribution in [0.15, 0.2) is 42.5 Å². The lowest BCUT2D eigenvalue weighted by Crippen LogP contribution is -2.00. The van der Waals surface area contributed by atoms with Crippen molar-refractivity contribution in [3.8, 4) is 11.5 Å². The maximum absolute atomic E-state index is 5.96. The molecule has 0 aliphatic carbocycles. The Bertz CT molecular complexity index is 556. The monoisotopic (exact) mass is 258 g/mol. The van der Waals surface area contributed by atoms with Gasteiger partial charge in [-0.15, -0.1) is 0 Å². The van der Waals surface area contributed by atoms with Crippen LogP contribution in [0.25, 0.3) is 0 Å². The quantitative estimate of drug-likeness (QED) is 0.807. The highest BCUT2D eigenvalue weighted by atomic mass is 16.5. The molecule has 0 aliphatic heterocycles. The van der Waals surface area contributed by atoms with Crippen molar-refractivity contribution < 1.29 is 9.47 Å². The van der Waals surface area contributed by atoms with Crippen molar-refractivity contribution in [3.63, 3.8) is 0 Å². The van der Waals surface area contributed by atoms with E-state index in [9.17, 15) is 0 Å². The van der Waals surface area contributed by atoms with Crippen molar-refractivity contribution in [1.29, 1.82) is 0 Å². The molecule has 0 aromatic heterocycles. The minimum Gasteiger partial charge on any atom is -0.497 e. The molecule has 0 atom stereocenters. The van der Waals surface area contributed by atoms with E-state index in [-0.39, 0.29) is 0 Å². The van der Waals surface area contributed by atoms with Crippen LogP contribution in [0.3, 0.4) is 0 Å². The molecule has 0 aliphatic rings. The second kappa shape index (κ2) is 6.00. The maximum Gasteiger partial charge on any atom is 0.142 e. The molecular formula is C15H18N2O2. The Hall–Kier alpha value is -2.36. The molecule has 0 spiro atoms. The third-order valence-corrected chi connectivity index (χ3v) is 2.72. The fourth-order valence-electron chi connectivity index (χ4n) is 1.77. The van der Waals surface area contributed by atoms with Gasteiger partial charge in [-0.05, 0) is 31.2 Å². The van der Waals surface area contributed by atoms with Crippen LogP contribution in [0, 0.1) is 0 Å². The van der Waals surface area contributed by atoms with Crippen molar-refractivity contribution >= 4 is 17.1 Å². The van der Waals surface area contributed by atoms with Gasteiger partial charge in [0.2, 0.25) is 0 Å². The molecule has 0 heterocycles. The van der Waals surface area contributed by atoms with Gasteiger partial charge in [0.25, 0.3) is 0 Å². The lowest BCUT2D eigenvalue weighted by atomic mass is 10.2. The van der Waals surface area contributed by atoms with Gasteiger partial charge in [0.05, 0.1) is 30.8 Å². The highest BCUT2D eigenvalue weighted by molar-refractivity contribution is 5.76. The van der Waals surface area contributed by atoms with Crippen molar-refractivity contribution in [2.75, 3.05) is 24.8 Å². The summed E-state index contributed by atoms with van der Waals surface area (Å²) >= 11 is 0.